The molecule has 1 aromatic carbocycles. The summed E-state index contributed by atoms with van der Waals surface area (Å²) in [5.74, 6) is -0.779. The van der Waals surface area contributed by atoms with Crippen molar-refractivity contribution in [3.8, 4) is 0 Å². The van der Waals surface area contributed by atoms with Crippen molar-refractivity contribution in [1.82, 2.24) is 0 Å². The van der Waals surface area contributed by atoms with Crippen LogP contribution < -0.4 is 10.2 Å². The highest BCUT2D eigenvalue weighted by molar-refractivity contribution is 5.81. The second kappa shape index (κ2) is 4.65. The van der Waals surface area contributed by atoms with Gasteiger partial charge in [0, 0.05) is 13.1 Å². The minimum atomic E-state index is -0.779. The van der Waals surface area contributed by atoms with Gasteiger partial charge in [0.25, 0.3) is 0 Å². The first-order valence-electron chi connectivity index (χ1n) is 5.90. The van der Waals surface area contributed by atoms with Crippen LogP contribution >= 0.6 is 0 Å². The van der Waals surface area contributed by atoms with E-state index in [0.717, 1.165) is 36.4 Å². The van der Waals surface area contributed by atoms with Crippen molar-refractivity contribution in [1.29, 1.82) is 0 Å². The number of carboxylic acids is 1. The summed E-state index contributed by atoms with van der Waals surface area (Å²) in [5.41, 5.74) is 4.46. The quantitative estimate of drug-likeness (QED) is 0.822. The van der Waals surface area contributed by atoms with Crippen LogP contribution in [0.5, 0.6) is 0 Å². The van der Waals surface area contributed by atoms with Crippen LogP contribution in [0.2, 0.25) is 0 Å². The van der Waals surface area contributed by atoms with Crippen LogP contribution in [-0.2, 0) is 4.79 Å². The van der Waals surface area contributed by atoms with Gasteiger partial charge in [0.2, 0.25) is 0 Å². The van der Waals surface area contributed by atoms with Gasteiger partial charge in [-0.2, -0.15) is 0 Å². The van der Waals surface area contributed by atoms with Crippen molar-refractivity contribution < 1.29 is 9.90 Å². The van der Waals surface area contributed by atoms with Crippen molar-refractivity contribution in [2.24, 2.45) is 0 Å². The molecule has 0 saturated carbocycles. The lowest BCUT2D eigenvalue weighted by atomic mass is 10.1. The molecule has 1 aliphatic heterocycles. The first kappa shape index (κ1) is 11.8. The third kappa shape index (κ3) is 2.35. The number of aryl methyl sites for hydroxylation is 1. The summed E-state index contributed by atoms with van der Waals surface area (Å²) >= 11 is 0. The highest BCUT2D eigenvalue weighted by Gasteiger charge is 2.19. The normalized spacial score (nSPS) is 14.8. The number of carbonyl (C=O) groups is 1. The number of nitrogens with one attached hydrogen (secondary N) is 1. The maximum absolute atomic E-state index is 10.9. The van der Waals surface area contributed by atoms with Gasteiger partial charge in [-0.1, -0.05) is 6.07 Å². The molecule has 0 amide bonds. The van der Waals surface area contributed by atoms with Crippen LogP contribution in [0.3, 0.4) is 0 Å². The molecule has 4 nitrogen and oxygen atoms in total. The molecular formula is C13H18N2O2. The Bertz CT molecular complexity index is 443. The second-order valence-electron chi connectivity index (χ2n) is 4.50. The van der Waals surface area contributed by atoms with Gasteiger partial charge >= 0.3 is 5.97 Å². The van der Waals surface area contributed by atoms with Crippen LogP contribution in [0.4, 0.5) is 11.4 Å². The van der Waals surface area contributed by atoms with E-state index in [0.29, 0.717) is 0 Å². The summed E-state index contributed by atoms with van der Waals surface area (Å²) in [6, 6.07) is 4.11. The number of aliphatic carboxylic acids is 1. The van der Waals surface area contributed by atoms with Gasteiger partial charge in [-0.3, -0.25) is 4.79 Å². The van der Waals surface area contributed by atoms with Crippen molar-refractivity contribution in [2.45, 2.75) is 20.3 Å². The summed E-state index contributed by atoms with van der Waals surface area (Å²) in [4.78, 5) is 12.9. The Hall–Kier alpha value is -1.71. The van der Waals surface area contributed by atoms with Crippen molar-refractivity contribution in [3.05, 3.63) is 23.3 Å². The maximum Gasteiger partial charge on any atom is 0.323 e. The first-order valence-corrected chi connectivity index (χ1v) is 5.90. The van der Waals surface area contributed by atoms with Gasteiger partial charge in [0.15, 0.2) is 0 Å². The van der Waals surface area contributed by atoms with E-state index in [-0.39, 0.29) is 6.54 Å². The van der Waals surface area contributed by atoms with Gasteiger partial charge in [0.05, 0.1) is 11.4 Å². The molecule has 0 radical (unpaired) electrons. The first-order chi connectivity index (χ1) is 8.09. The molecule has 0 bridgehead atoms. The molecule has 0 aromatic heterocycles. The Kier molecular flexibility index (Phi) is 3.22. The van der Waals surface area contributed by atoms with E-state index in [1.165, 1.54) is 5.56 Å². The van der Waals surface area contributed by atoms with Crippen molar-refractivity contribution >= 4 is 17.3 Å². The maximum atomic E-state index is 10.9. The van der Waals surface area contributed by atoms with Gasteiger partial charge < -0.3 is 15.3 Å². The number of anilines is 2. The lowest BCUT2D eigenvalue weighted by Gasteiger charge is -2.25. The molecule has 17 heavy (non-hydrogen) atoms. The lowest BCUT2D eigenvalue weighted by molar-refractivity contribution is -0.135. The smallest absolute Gasteiger partial charge is 0.323 e. The van der Waals surface area contributed by atoms with Crippen molar-refractivity contribution in [2.75, 3.05) is 29.9 Å². The fourth-order valence-corrected chi connectivity index (χ4v) is 2.28. The number of fused-ring (bicyclic) bond motifs is 1. The second-order valence-corrected chi connectivity index (χ2v) is 4.50. The monoisotopic (exact) mass is 234 g/mol. The number of carboxylic acid groups (broad SMARTS) is 1. The molecule has 1 heterocycles. The number of nitrogens with zero attached hydrogens (tertiary/aromatic N) is 1. The van der Waals surface area contributed by atoms with Crippen LogP contribution in [-0.4, -0.2) is 30.7 Å². The Labute approximate surface area is 101 Å². The van der Waals surface area contributed by atoms with Crippen molar-refractivity contribution in [3.63, 3.8) is 0 Å². The third-order valence-corrected chi connectivity index (χ3v) is 3.26. The van der Waals surface area contributed by atoms with Crippen LogP contribution in [0.25, 0.3) is 0 Å². The Morgan fingerprint density at radius 1 is 1.47 bits per heavy atom. The predicted molar refractivity (Wildman–Crippen MR) is 68.9 cm³/mol. The molecule has 1 aliphatic rings. The molecule has 0 aliphatic carbocycles. The zero-order valence-corrected chi connectivity index (χ0v) is 10.3. The van der Waals surface area contributed by atoms with Crippen LogP contribution in [0.15, 0.2) is 12.1 Å². The summed E-state index contributed by atoms with van der Waals surface area (Å²) in [6.45, 7) is 5.86. The summed E-state index contributed by atoms with van der Waals surface area (Å²) in [6.07, 6.45) is 0.959. The highest BCUT2D eigenvalue weighted by atomic mass is 16.4. The fourth-order valence-electron chi connectivity index (χ4n) is 2.28. The fraction of sp³-hybridized carbons (Fsp3) is 0.462. The summed E-state index contributed by atoms with van der Waals surface area (Å²) < 4.78 is 0. The van der Waals surface area contributed by atoms with E-state index >= 15 is 0 Å². The van der Waals surface area contributed by atoms with Gasteiger partial charge in [0.1, 0.15) is 6.54 Å². The standard InChI is InChI=1S/C13H18N2O2/c1-9-4-5-11-13(10(9)2)15(8-12(16)17)7-3-6-14-11/h4-5,14H,3,6-8H2,1-2H3,(H,16,17). The minimum absolute atomic E-state index is 0.0684. The highest BCUT2D eigenvalue weighted by Crippen LogP contribution is 2.33. The summed E-state index contributed by atoms with van der Waals surface area (Å²) in [7, 11) is 0. The topological polar surface area (TPSA) is 52.6 Å². The Morgan fingerprint density at radius 3 is 2.94 bits per heavy atom. The van der Waals surface area contributed by atoms with Gasteiger partial charge in [-0.25, -0.2) is 0 Å². The van der Waals surface area contributed by atoms with E-state index in [9.17, 15) is 4.79 Å². The number of benzene rings is 1. The average Bonchev–Trinajstić information content (AvgIpc) is 2.46. The average molecular weight is 234 g/mol. The van der Waals surface area contributed by atoms with Gasteiger partial charge in [-0.05, 0) is 37.5 Å². The summed E-state index contributed by atoms with van der Waals surface area (Å²) in [5, 5.41) is 12.3. The molecule has 0 atom stereocenters. The number of hydrogen-bond acceptors (Lipinski definition) is 3. The number of hydrogen-bond donors (Lipinski definition) is 2. The van der Waals surface area contributed by atoms with E-state index < -0.39 is 5.97 Å². The van der Waals surface area contributed by atoms with Gasteiger partial charge in [-0.15, -0.1) is 0 Å². The van der Waals surface area contributed by atoms with E-state index in [2.05, 4.69) is 25.2 Å². The van der Waals surface area contributed by atoms with E-state index in [4.69, 9.17) is 5.11 Å². The molecule has 2 rings (SSSR count). The zero-order valence-electron chi connectivity index (χ0n) is 10.3. The number of rotatable bonds is 2. The Morgan fingerprint density at radius 2 is 2.24 bits per heavy atom. The molecule has 2 N–H and O–H groups in total. The molecule has 0 spiro atoms. The molecule has 92 valence electrons. The third-order valence-electron chi connectivity index (χ3n) is 3.26. The lowest BCUT2D eigenvalue weighted by Crippen LogP contribution is -2.30. The zero-order chi connectivity index (χ0) is 12.4. The molecule has 0 unspecified atom stereocenters. The molecule has 0 fully saturated rings. The van der Waals surface area contributed by atoms with Crippen LogP contribution in [0, 0.1) is 13.8 Å². The molecular weight excluding hydrogens is 216 g/mol. The Balaban J connectivity index is 2.45. The molecule has 0 saturated heterocycles. The minimum Gasteiger partial charge on any atom is -0.480 e. The van der Waals surface area contributed by atoms with E-state index in [1.54, 1.807) is 0 Å². The van der Waals surface area contributed by atoms with Crippen LogP contribution in [0.1, 0.15) is 17.5 Å². The predicted octanol–water partition coefficient (Wildman–Crippen LogP) is 2.01. The SMILES string of the molecule is Cc1ccc2c(c1C)N(CC(=O)O)CCCN2. The largest absolute Gasteiger partial charge is 0.480 e. The molecule has 4 heteroatoms. The van der Waals surface area contributed by atoms with E-state index in [1.807, 2.05) is 11.0 Å². The molecule has 1 aromatic rings.